The van der Waals surface area contributed by atoms with E-state index in [1.165, 1.54) is 0 Å². The van der Waals surface area contributed by atoms with E-state index in [1.54, 1.807) is 11.1 Å². The van der Waals surface area contributed by atoms with Crippen molar-refractivity contribution in [1.82, 2.24) is 0 Å². The lowest BCUT2D eigenvalue weighted by Gasteiger charge is -2.40. The van der Waals surface area contributed by atoms with E-state index in [9.17, 15) is 0 Å². The molecule has 6 spiro atoms. The van der Waals surface area contributed by atoms with E-state index in [0.29, 0.717) is 0 Å². The first-order valence-corrected chi connectivity index (χ1v) is 5.07. The van der Waals surface area contributed by atoms with Gasteiger partial charge in [0.05, 0.1) is 0 Å². The normalized spacial score (nSPS) is 102. The number of rotatable bonds is 0. The molecule has 1 aromatic carbocycles. The monoisotopic (exact) mass is 148 g/mol. The van der Waals surface area contributed by atoms with Gasteiger partial charge in [-0.3, -0.25) is 0 Å². The summed E-state index contributed by atoms with van der Waals surface area (Å²) in [6.45, 7) is 0. The first-order valence-electron chi connectivity index (χ1n) is 5.07. The van der Waals surface area contributed by atoms with Crippen molar-refractivity contribution in [2.75, 3.05) is 0 Å². The van der Waals surface area contributed by atoms with Gasteiger partial charge in [0, 0.05) is 32.5 Å². The van der Waals surface area contributed by atoms with Crippen LogP contribution in [0.5, 0.6) is 0 Å². The molecule has 6 fully saturated rings. The largest absolute Gasteiger partial charge is 0.0581 e. The quantitative estimate of drug-likeness (QED) is 0.518. The lowest BCUT2D eigenvalue weighted by Crippen LogP contribution is -2.43. The molecule has 11 rings (SSSR count). The zero-order valence-corrected chi connectivity index (χ0v) is 6.31. The van der Waals surface area contributed by atoms with E-state index < -0.39 is 0 Å². The molecule has 10 aliphatic rings. The van der Waals surface area contributed by atoms with E-state index in [0.717, 1.165) is 32.5 Å². The molecule has 0 atom stereocenters. The zero-order chi connectivity index (χ0) is 6.98. The average molecular weight is 148 g/mol. The van der Waals surface area contributed by atoms with E-state index in [-0.39, 0.29) is 0 Å². The van der Waals surface area contributed by atoms with Gasteiger partial charge in [0.2, 0.25) is 0 Å². The minimum absolute atomic E-state index is 0.859. The molecule has 0 heterocycles. The third-order valence-electron chi connectivity index (χ3n) is 7.56. The van der Waals surface area contributed by atoms with Crippen LogP contribution in [0.2, 0.25) is 0 Å². The lowest BCUT2D eigenvalue weighted by molar-refractivity contribution is 0.143. The van der Waals surface area contributed by atoms with Crippen molar-refractivity contribution in [3.05, 3.63) is 35.4 Å². The highest BCUT2D eigenvalue weighted by molar-refractivity contribution is 6.31. The van der Waals surface area contributed by atoms with E-state index in [2.05, 4.69) is 24.3 Å². The van der Waals surface area contributed by atoms with Crippen LogP contribution in [-0.4, -0.2) is 0 Å². The standard InChI is InChI=1S/C12H4/c1-2-6-4-3-5(1)7-9-8(6)10(7)11(7,9)12(8,9)10/h1-4H. The molecule has 12 heavy (non-hydrogen) atoms. The summed E-state index contributed by atoms with van der Waals surface area (Å²) >= 11 is 0. The molecule has 0 unspecified atom stereocenters. The van der Waals surface area contributed by atoms with Crippen LogP contribution in [-0.2, 0) is 10.8 Å². The minimum Gasteiger partial charge on any atom is -0.0581 e. The van der Waals surface area contributed by atoms with Crippen LogP contribution in [0.4, 0.5) is 0 Å². The van der Waals surface area contributed by atoms with Gasteiger partial charge >= 0.3 is 0 Å². The van der Waals surface area contributed by atoms with Crippen LogP contribution in [0.25, 0.3) is 0 Å². The SMILES string of the molecule is c1cc2ccc1C13C45C26C12C34C652. The summed E-state index contributed by atoms with van der Waals surface area (Å²) in [6.07, 6.45) is 0. The topological polar surface area (TPSA) is 0 Å². The molecular formula is C12H4. The van der Waals surface area contributed by atoms with Crippen molar-refractivity contribution >= 4 is 0 Å². The van der Waals surface area contributed by atoms with E-state index in [4.69, 9.17) is 0 Å². The van der Waals surface area contributed by atoms with Crippen molar-refractivity contribution < 1.29 is 0 Å². The molecule has 10 aliphatic carbocycles. The van der Waals surface area contributed by atoms with Crippen LogP contribution >= 0.6 is 0 Å². The van der Waals surface area contributed by atoms with Crippen LogP contribution < -0.4 is 0 Å². The molecule has 6 saturated carbocycles. The summed E-state index contributed by atoms with van der Waals surface area (Å²) in [7, 11) is 0. The Kier molecular flexibility index (Phi) is 0.125. The third-order valence-corrected chi connectivity index (χ3v) is 7.56. The Labute approximate surface area is 68.6 Å². The van der Waals surface area contributed by atoms with Gasteiger partial charge in [-0.25, -0.2) is 0 Å². The minimum atomic E-state index is 0.859. The van der Waals surface area contributed by atoms with E-state index >= 15 is 0 Å². The van der Waals surface area contributed by atoms with Crippen molar-refractivity contribution in [1.29, 1.82) is 0 Å². The Morgan fingerprint density at radius 1 is 0.583 bits per heavy atom. The lowest BCUT2D eigenvalue weighted by atomic mass is 9.60. The van der Waals surface area contributed by atoms with Crippen molar-refractivity contribution in [2.24, 2.45) is 21.7 Å². The maximum atomic E-state index is 2.42. The molecule has 0 N–H and O–H groups in total. The van der Waals surface area contributed by atoms with Gasteiger partial charge < -0.3 is 0 Å². The van der Waals surface area contributed by atoms with Crippen LogP contribution in [0.3, 0.4) is 0 Å². The van der Waals surface area contributed by atoms with Crippen LogP contribution in [0, 0.1) is 21.7 Å². The number of hydrogen-bond acceptors (Lipinski definition) is 0. The Balaban J connectivity index is 1.95. The first-order chi connectivity index (χ1) is 5.96. The Hall–Kier alpha value is -0.780. The first kappa shape index (κ1) is 3.53. The summed E-state index contributed by atoms with van der Waals surface area (Å²) in [4.78, 5) is 0. The van der Waals surface area contributed by atoms with E-state index in [1.807, 2.05) is 0 Å². The molecule has 52 valence electrons. The highest BCUT2D eigenvalue weighted by Gasteiger charge is 3.80. The predicted molar refractivity (Wildman–Crippen MR) is 39.5 cm³/mol. The smallest absolute Gasteiger partial charge is 0.0183 e. The predicted octanol–water partition coefficient (Wildman–Crippen LogP) is 1.20. The van der Waals surface area contributed by atoms with Gasteiger partial charge in [0.1, 0.15) is 0 Å². The van der Waals surface area contributed by atoms with Gasteiger partial charge in [-0.05, 0) is 11.1 Å². The van der Waals surface area contributed by atoms with Gasteiger partial charge in [-0.15, -0.1) is 0 Å². The summed E-state index contributed by atoms with van der Waals surface area (Å²) in [6, 6.07) is 9.68. The van der Waals surface area contributed by atoms with Crippen LogP contribution in [0.1, 0.15) is 11.1 Å². The van der Waals surface area contributed by atoms with Crippen LogP contribution in [0.15, 0.2) is 24.3 Å². The highest BCUT2D eigenvalue weighted by Crippen LogP contribution is 3.77. The fraction of sp³-hybridized carbons (Fsp3) is 0.500. The zero-order valence-electron chi connectivity index (χ0n) is 6.31. The summed E-state index contributed by atoms with van der Waals surface area (Å²) in [5, 5.41) is 0. The second-order valence-electron chi connectivity index (χ2n) is 6.08. The maximum absolute atomic E-state index is 2.42. The molecule has 0 aromatic heterocycles. The van der Waals surface area contributed by atoms with Crippen molar-refractivity contribution in [3.8, 4) is 0 Å². The molecule has 0 amide bonds. The summed E-state index contributed by atoms with van der Waals surface area (Å²) in [5.41, 5.74) is 9.15. The van der Waals surface area contributed by atoms with Gasteiger partial charge in [-0.2, -0.15) is 0 Å². The Morgan fingerprint density at radius 3 is 1.42 bits per heavy atom. The van der Waals surface area contributed by atoms with Gasteiger partial charge in [0.25, 0.3) is 0 Å². The van der Waals surface area contributed by atoms with Gasteiger partial charge in [0.15, 0.2) is 0 Å². The van der Waals surface area contributed by atoms with Crippen molar-refractivity contribution in [3.63, 3.8) is 0 Å². The fourth-order valence-electron chi connectivity index (χ4n) is 8.39. The molecule has 4 bridgehead atoms. The molecule has 0 saturated heterocycles. The fourth-order valence-corrected chi connectivity index (χ4v) is 8.39. The Morgan fingerprint density at radius 2 is 1.00 bits per heavy atom. The second-order valence-corrected chi connectivity index (χ2v) is 6.08. The third kappa shape index (κ3) is 0.0532. The molecular weight excluding hydrogens is 144 g/mol. The maximum Gasteiger partial charge on any atom is 0.0183 e. The molecule has 0 aliphatic heterocycles. The average Bonchev–Trinajstić information content (AvgIpc) is 2.75. The Bertz CT molecular complexity index is 554. The number of hydrogen-bond donors (Lipinski definition) is 0. The highest BCUT2D eigenvalue weighted by atomic mass is 15.8. The molecule has 1 aromatic rings. The molecule has 0 radical (unpaired) electrons. The molecule has 0 heteroatoms. The van der Waals surface area contributed by atoms with Crippen molar-refractivity contribution in [2.45, 2.75) is 10.8 Å². The molecule has 0 nitrogen and oxygen atoms in total. The summed E-state index contributed by atoms with van der Waals surface area (Å²) in [5.74, 6) is 0. The summed E-state index contributed by atoms with van der Waals surface area (Å²) < 4.78 is 0. The second kappa shape index (κ2) is 0.425. The van der Waals surface area contributed by atoms with Gasteiger partial charge in [-0.1, -0.05) is 24.3 Å². The number of benzene rings is 1.